The Morgan fingerprint density at radius 2 is 1.94 bits per heavy atom. The number of ketones is 1. The number of methoxy groups -OCH3 is 1. The van der Waals surface area contributed by atoms with E-state index in [0.29, 0.717) is 30.6 Å². The molecule has 0 saturated heterocycles. The molecule has 3 N–H and O–H groups in total. The highest BCUT2D eigenvalue weighted by atomic mass is 16.5. The first-order valence-electron chi connectivity index (χ1n) is 9.40. The number of nitrogens with one attached hydrogen (secondary N) is 1. The molecule has 0 aliphatic rings. The number of nitrogens with two attached hydrogens (primary N) is 1. The number of aromatic nitrogens is 4. The van der Waals surface area contributed by atoms with E-state index in [4.69, 9.17) is 15.2 Å². The van der Waals surface area contributed by atoms with Gasteiger partial charge in [0.1, 0.15) is 11.3 Å². The molecule has 31 heavy (non-hydrogen) atoms. The topological polar surface area (TPSA) is 151 Å². The van der Waals surface area contributed by atoms with E-state index in [1.165, 1.54) is 38.0 Å². The second kappa shape index (κ2) is 9.20. The van der Waals surface area contributed by atoms with Crippen molar-refractivity contribution in [1.82, 2.24) is 19.5 Å². The van der Waals surface area contributed by atoms with Crippen molar-refractivity contribution in [3.8, 4) is 11.5 Å². The van der Waals surface area contributed by atoms with Crippen molar-refractivity contribution in [2.45, 2.75) is 19.8 Å². The molecule has 0 aliphatic carbocycles. The van der Waals surface area contributed by atoms with E-state index in [2.05, 4.69) is 20.3 Å². The fourth-order valence-electron chi connectivity index (χ4n) is 2.85. The summed E-state index contributed by atoms with van der Waals surface area (Å²) in [7, 11) is 2.92. The van der Waals surface area contributed by atoms with Gasteiger partial charge in [0.05, 0.1) is 24.7 Å². The van der Waals surface area contributed by atoms with E-state index in [1.54, 1.807) is 12.1 Å². The molecular formula is C20H22N6O5. The highest BCUT2D eigenvalue weighted by Crippen LogP contribution is 2.34. The molecule has 1 aromatic carbocycles. The molecule has 0 aliphatic heterocycles. The zero-order chi connectivity index (χ0) is 22.5. The lowest BCUT2D eigenvalue weighted by atomic mass is 10.2. The number of nitrogens with zero attached hydrogens (tertiary/aromatic N) is 4. The molecule has 0 fully saturated rings. The molecule has 3 rings (SSSR count). The number of fused-ring (bicyclic) bond motifs is 1. The third kappa shape index (κ3) is 4.77. The van der Waals surface area contributed by atoms with Crippen molar-refractivity contribution in [1.29, 1.82) is 0 Å². The zero-order valence-electron chi connectivity index (χ0n) is 17.3. The molecule has 0 spiro atoms. The molecule has 11 heteroatoms. The van der Waals surface area contributed by atoms with Gasteiger partial charge in [-0.1, -0.05) is 0 Å². The van der Waals surface area contributed by atoms with Crippen LogP contribution in [0.25, 0.3) is 10.9 Å². The van der Waals surface area contributed by atoms with Gasteiger partial charge in [-0.3, -0.25) is 19.5 Å². The van der Waals surface area contributed by atoms with Gasteiger partial charge in [-0.15, -0.1) is 0 Å². The number of hydrogen-bond acceptors (Lipinski definition) is 9. The highest BCUT2D eigenvalue weighted by Gasteiger charge is 2.18. The minimum absolute atomic E-state index is 0.00588. The van der Waals surface area contributed by atoms with Gasteiger partial charge < -0.3 is 20.0 Å². The summed E-state index contributed by atoms with van der Waals surface area (Å²) in [6.07, 6.45) is 3.49. The lowest BCUT2D eigenvalue weighted by Gasteiger charge is -2.15. The van der Waals surface area contributed by atoms with Gasteiger partial charge >= 0.3 is 0 Å². The zero-order valence-corrected chi connectivity index (χ0v) is 17.3. The Hall–Kier alpha value is -4.02. The smallest absolute Gasteiger partial charge is 0.262 e. The van der Waals surface area contributed by atoms with Gasteiger partial charge in [0, 0.05) is 25.9 Å². The maximum atomic E-state index is 12.8. The molecular weight excluding hydrogens is 404 g/mol. The van der Waals surface area contributed by atoms with Crippen molar-refractivity contribution in [2.75, 3.05) is 24.8 Å². The lowest BCUT2D eigenvalue weighted by molar-refractivity contribution is -0.117. The summed E-state index contributed by atoms with van der Waals surface area (Å²) >= 11 is 0. The maximum absolute atomic E-state index is 12.8. The van der Waals surface area contributed by atoms with Crippen molar-refractivity contribution >= 4 is 34.5 Å². The number of hydrogen-bond donors (Lipinski definition) is 2. The van der Waals surface area contributed by atoms with Crippen molar-refractivity contribution in [2.24, 2.45) is 7.05 Å². The van der Waals surface area contributed by atoms with Gasteiger partial charge in [0.2, 0.25) is 11.9 Å². The minimum atomic E-state index is -0.558. The molecule has 0 radical (unpaired) electrons. The van der Waals surface area contributed by atoms with Crippen LogP contribution in [-0.4, -0.2) is 44.9 Å². The summed E-state index contributed by atoms with van der Waals surface area (Å²) < 4.78 is 12.4. The average molecular weight is 426 g/mol. The second-order valence-electron chi connectivity index (χ2n) is 6.73. The Morgan fingerprint density at radius 3 is 2.58 bits per heavy atom. The van der Waals surface area contributed by atoms with Crippen LogP contribution in [-0.2, 0) is 11.8 Å². The monoisotopic (exact) mass is 426 g/mol. The van der Waals surface area contributed by atoms with Crippen LogP contribution in [0.4, 0.5) is 11.9 Å². The van der Waals surface area contributed by atoms with Gasteiger partial charge in [0.25, 0.3) is 11.5 Å². The van der Waals surface area contributed by atoms with E-state index in [9.17, 15) is 14.4 Å². The third-order valence-corrected chi connectivity index (χ3v) is 4.46. The number of benzene rings is 1. The van der Waals surface area contributed by atoms with E-state index < -0.39 is 5.91 Å². The number of Topliss-reactive ketones (excluding diaryl/α,β-unsaturated/α-hetero) is 1. The Bertz CT molecular complexity index is 1190. The van der Waals surface area contributed by atoms with Crippen LogP contribution in [0.15, 0.2) is 29.3 Å². The maximum Gasteiger partial charge on any atom is 0.262 e. The fraction of sp³-hybridized carbons (Fsp3) is 0.300. The van der Waals surface area contributed by atoms with E-state index in [-0.39, 0.29) is 40.1 Å². The third-order valence-electron chi connectivity index (χ3n) is 4.46. The van der Waals surface area contributed by atoms with Crippen LogP contribution in [0.3, 0.4) is 0 Å². The van der Waals surface area contributed by atoms with Gasteiger partial charge in [-0.2, -0.15) is 0 Å². The van der Waals surface area contributed by atoms with E-state index >= 15 is 0 Å². The Morgan fingerprint density at radius 1 is 1.23 bits per heavy atom. The molecule has 2 heterocycles. The highest BCUT2D eigenvalue weighted by molar-refractivity contribution is 6.03. The quantitative estimate of drug-likeness (QED) is 0.508. The molecule has 1 amide bonds. The predicted octanol–water partition coefficient (Wildman–Crippen LogP) is 1.31. The van der Waals surface area contributed by atoms with Crippen molar-refractivity contribution in [3.63, 3.8) is 0 Å². The second-order valence-corrected chi connectivity index (χ2v) is 6.73. The van der Waals surface area contributed by atoms with E-state index in [0.717, 1.165) is 0 Å². The summed E-state index contributed by atoms with van der Waals surface area (Å²) in [4.78, 5) is 48.4. The SMILES string of the molecule is COc1c(OCCCC(C)=O)ccc2c(=O)n(C)c(NC(=O)c3cnc(N)nc3)nc12. The normalized spacial score (nSPS) is 10.7. The Kier molecular flexibility index (Phi) is 6.43. The molecule has 11 nitrogen and oxygen atoms in total. The number of ether oxygens (including phenoxy) is 2. The molecule has 0 bridgehead atoms. The molecule has 3 aromatic rings. The summed E-state index contributed by atoms with van der Waals surface area (Å²) in [5.74, 6) is 0.191. The first kappa shape index (κ1) is 21.7. The van der Waals surface area contributed by atoms with Crippen LogP contribution in [0, 0.1) is 0 Å². The largest absolute Gasteiger partial charge is 0.491 e. The standard InChI is InChI=1S/C20H22N6O5/c1-11(27)5-4-8-31-14-7-6-13-15(16(14)30-3)24-20(26(2)18(13)29)25-17(28)12-9-22-19(21)23-10-12/h6-7,9-10H,4-5,8H2,1-3H3,(H2,21,22,23)(H,24,25,28). The van der Waals surface area contributed by atoms with E-state index in [1.807, 2.05) is 0 Å². The first-order chi connectivity index (χ1) is 14.8. The summed E-state index contributed by atoms with van der Waals surface area (Å²) in [5, 5.41) is 2.87. The fourth-order valence-corrected chi connectivity index (χ4v) is 2.85. The first-order valence-corrected chi connectivity index (χ1v) is 9.40. The van der Waals surface area contributed by atoms with Gasteiger partial charge in [0.15, 0.2) is 11.5 Å². The van der Waals surface area contributed by atoms with Crippen molar-refractivity contribution < 1.29 is 19.1 Å². The molecule has 2 aromatic heterocycles. The minimum Gasteiger partial charge on any atom is -0.491 e. The van der Waals surface area contributed by atoms with Gasteiger partial charge in [-0.25, -0.2) is 15.0 Å². The van der Waals surface area contributed by atoms with Crippen LogP contribution in [0.2, 0.25) is 0 Å². The Labute approximate surface area is 177 Å². The Balaban J connectivity index is 1.96. The number of nitrogen functional groups attached to an aromatic ring is 1. The molecule has 0 unspecified atom stereocenters. The summed E-state index contributed by atoms with van der Waals surface area (Å²) in [6, 6.07) is 3.19. The lowest BCUT2D eigenvalue weighted by Crippen LogP contribution is -2.25. The van der Waals surface area contributed by atoms with Crippen molar-refractivity contribution in [3.05, 3.63) is 40.4 Å². The molecule has 0 saturated carbocycles. The number of carbonyl (C=O) groups excluding carboxylic acids is 2. The predicted molar refractivity (Wildman–Crippen MR) is 113 cm³/mol. The molecule has 0 atom stereocenters. The number of anilines is 2. The summed E-state index contributed by atoms with van der Waals surface area (Å²) in [6.45, 7) is 1.82. The van der Waals surface area contributed by atoms with Crippen LogP contribution >= 0.6 is 0 Å². The van der Waals surface area contributed by atoms with Gasteiger partial charge in [-0.05, 0) is 25.5 Å². The van der Waals surface area contributed by atoms with Crippen LogP contribution in [0.1, 0.15) is 30.1 Å². The van der Waals surface area contributed by atoms with Crippen LogP contribution in [0.5, 0.6) is 11.5 Å². The number of rotatable bonds is 8. The number of carbonyl (C=O) groups is 2. The average Bonchev–Trinajstić information content (AvgIpc) is 2.74. The summed E-state index contributed by atoms with van der Waals surface area (Å²) in [5.41, 5.74) is 5.44. The molecule has 162 valence electrons. The van der Waals surface area contributed by atoms with Crippen LogP contribution < -0.4 is 26.1 Å². The number of amides is 1.